The van der Waals surface area contributed by atoms with E-state index in [0.29, 0.717) is 12.2 Å². The first kappa shape index (κ1) is 19.1. The highest BCUT2D eigenvalue weighted by Crippen LogP contribution is 2.27. The quantitative estimate of drug-likeness (QED) is 0.841. The van der Waals surface area contributed by atoms with Crippen LogP contribution in [-0.4, -0.2) is 42.7 Å². The number of hydrogen-bond donors (Lipinski definition) is 1. The average molecular weight is 377 g/mol. The summed E-state index contributed by atoms with van der Waals surface area (Å²) >= 11 is 0. The van der Waals surface area contributed by atoms with E-state index in [1.165, 1.54) is 6.20 Å². The fourth-order valence-electron chi connectivity index (χ4n) is 3.48. The molecule has 1 aromatic carbocycles. The zero-order valence-electron chi connectivity index (χ0n) is 15.7. The number of aryl methyl sites for hydroxylation is 1. The van der Waals surface area contributed by atoms with Gasteiger partial charge >= 0.3 is 0 Å². The van der Waals surface area contributed by atoms with Crippen LogP contribution in [0.2, 0.25) is 0 Å². The normalized spacial score (nSPS) is 18.1. The van der Waals surface area contributed by atoms with Crippen LogP contribution in [0.1, 0.15) is 37.1 Å². The molecular formula is C19H28N4O2S. The summed E-state index contributed by atoms with van der Waals surface area (Å²) in [7, 11) is -1.84. The van der Waals surface area contributed by atoms with Gasteiger partial charge in [0, 0.05) is 19.6 Å². The molecule has 0 aliphatic carbocycles. The van der Waals surface area contributed by atoms with Crippen LogP contribution in [0.25, 0.3) is 0 Å². The topological polar surface area (TPSA) is 67.2 Å². The van der Waals surface area contributed by atoms with E-state index in [9.17, 15) is 8.42 Å². The van der Waals surface area contributed by atoms with Crippen molar-refractivity contribution >= 4 is 10.0 Å². The standard InChI is InChI=1S/C19H28N4O2S/c1-15-9-11-23(12-10-15)18(17-7-5-4-6-8-17)13-21-26(24,25)19-14-20-22(3)16(19)2/h4-8,14-15,18,21H,9-13H2,1-3H3/t18-/m1/s1. The lowest BCUT2D eigenvalue weighted by molar-refractivity contribution is 0.139. The maximum absolute atomic E-state index is 12.8. The highest BCUT2D eigenvalue weighted by atomic mass is 32.2. The van der Waals surface area contributed by atoms with Gasteiger partial charge in [-0.2, -0.15) is 5.10 Å². The molecule has 1 aliphatic heterocycles. The summed E-state index contributed by atoms with van der Waals surface area (Å²) in [4.78, 5) is 2.65. The van der Waals surface area contributed by atoms with Crippen LogP contribution in [0.5, 0.6) is 0 Å². The van der Waals surface area contributed by atoms with Gasteiger partial charge in [-0.3, -0.25) is 9.58 Å². The summed E-state index contributed by atoms with van der Waals surface area (Å²) in [6.07, 6.45) is 3.72. The second kappa shape index (κ2) is 7.90. The number of nitrogens with one attached hydrogen (secondary N) is 1. The monoisotopic (exact) mass is 376 g/mol. The average Bonchev–Trinajstić information content (AvgIpc) is 2.97. The fourth-order valence-corrected chi connectivity index (χ4v) is 4.72. The first-order valence-corrected chi connectivity index (χ1v) is 10.6. The van der Waals surface area contributed by atoms with Crippen molar-refractivity contribution in [3.8, 4) is 0 Å². The lowest BCUT2D eigenvalue weighted by Gasteiger charge is -2.37. The molecule has 26 heavy (non-hydrogen) atoms. The molecule has 1 aromatic heterocycles. The third-order valence-electron chi connectivity index (χ3n) is 5.39. The Bertz CT molecular complexity index is 824. The zero-order chi connectivity index (χ0) is 18.7. The summed E-state index contributed by atoms with van der Waals surface area (Å²) in [5.41, 5.74) is 1.79. The minimum absolute atomic E-state index is 0.0375. The molecule has 0 radical (unpaired) electrons. The van der Waals surface area contributed by atoms with Crippen LogP contribution in [0.3, 0.4) is 0 Å². The molecule has 0 spiro atoms. The number of nitrogens with zero attached hydrogens (tertiary/aromatic N) is 3. The van der Waals surface area contributed by atoms with Crippen LogP contribution < -0.4 is 4.72 Å². The molecule has 0 unspecified atom stereocenters. The van der Waals surface area contributed by atoms with E-state index in [0.717, 1.165) is 37.4 Å². The Kier molecular flexibility index (Phi) is 5.79. The Hall–Kier alpha value is -1.70. The van der Waals surface area contributed by atoms with Crippen molar-refractivity contribution in [3.63, 3.8) is 0 Å². The van der Waals surface area contributed by atoms with Gasteiger partial charge in [0.1, 0.15) is 4.90 Å². The summed E-state index contributed by atoms with van der Waals surface area (Å²) in [6.45, 7) is 6.39. The van der Waals surface area contributed by atoms with Crippen LogP contribution >= 0.6 is 0 Å². The van der Waals surface area contributed by atoms with Crippen molar-refractivity contribution < 1.29 is 8.42 Å². The lowest BCUT2D eigenvalue weighted by atomic mass is 9.96. The Morgan fingerprint density at radius 3 is 2.46 bits per heavy atom. The zero-order valence-corrected chi connectivity index (χ0v) is 16.5. The molecule has 0 amide bonds. The van der Waals surface area contributed by atoms with E-state index in [1.54, 1.807) is 18.7 Å². The maximum Gasteiger partial charge on any atom is 0.244 e. The third-order valence-corrected chi connectivity index (χ3v) is 6.92. The minimum Gasteiger partial charge on any atom is -0.295 e. The van der Waals surface area contributed by atoms with Crippen molar-refractivity contribution in [1.29, 1.82) is 0 Å². The van der Waals surface area contributed by atoms with Gasteiger partial charge < -0.3 is 0 Å². The number of sulfonamides is 1. The van der Waals surface area contributed by atoms with Crippen molar-refractivity contribution in [2.24, 2.45) is 13.0 Å². The highest BCUT2D eigenvalue weighted by Gasteiger charge is 2.27. The summed E-state index contributed by atoms with van der Waals surface area (Å²) in [5.74, 6) is 0.734. The smallest absolute Gasteiger partial charge is 0.244 e. The molecule has 3 rings (SSSR count). The third kappa shape index (κ3) is 4.16. The summed E-state index contributed by atoms with van der Waals surface area (Å²) in [5, 5.41) is 4.05. The molecule has 6 nitrogen and oxygen atoms in total. The molecule has 142 valence electrons. The summed E-state index contributed by atoms with van der Waals surface area (Å²) in [6, 6.07) is 10.2. The highest BCUT2D eigenvalue weighted by molar-refractivity contribution is 7.89. The molecule has 1 aliphatic rings. The molecule has 1 saturated heterocycles. The van der Waals surface area contributed by atoms with Gasteiger partial charge in [-0.05, 0) is 44.3 Å². The van der Waals surface area contributed by atoms with Crippen molar-refractivity contribution in [1.82, 2.24) is 19.4 Å². The van der Waals surface area contributed by atoms with Crippen molar-refractivity contribution in [3.05, 3.63) is 47.8 Å². The largest absolute Gasteiger partial charge is 0.295 e. The number of hydrogen-bond acceptors (Lipinski definition) is 4. The molecule has 1 fully saturated rings. The fraction of sp³-hybridized carbons (Fsp3) is 0.526. The molecule has 7 heteroatoms. The predicted molar refractivity (Wildman–Crippen MR) is 102 cm³/mol. The van der Waals surface area contributed by atoms with Gasteiger partial charge in [-0.1, -0.05) is 37.3 Å². The Morgan fingerprint density at radius 1 is 1.23 bits per heavy atom. The molecule has 0 saturated carbocycles. The van der Waals surface area contributed by atoms with Crippen LogP contribution in [0.15, 0.2) is 41.4 Å². The van der Waals surface area contributed by atoms with Crippen molar-refractivity contribution in [2.45, 2.75) is 37.6 Å². The van der Waals surface area contributed by atoms with Crippen LogP contribution in [0, 0.1) is 12.8 Å². The Balaban J connectivity index is 1.79. The van der Waals surface area contributed by atoms with Gasteiger partial charge in [0.25, 0.3) is 0 Å². The molecule has 2 aromatic rings. The second-order valence-corrected chi connectivity index (χ2v) is 8.95. The molecule has 1 atom stereocenters. The number of benzene rings is 1. The minimum atomic E-state index is -3.58. The number of piperidine rings is 1. The second-order valence-electron chi connectivity index (χ2n) is 7.21. The van der Waals surface area contributed by atoms with Crippen LogP contribution in [-0.2, 0) is 17.1 Å². The van der Waals surface area contributed by atoms with E-state index >= 15 is 0 Å². The molecule has 2 heterocycles. The van der Waals surface area contributed by atoms with E-state index in [-0.39, 0.29) is 10.9 Å². The number of aromatic nitrogens is 2. The SMILES string of the molecule is Cc1c(S(=O)(=O)NC[C@H](c2ccccc2)N2CCC(C)CC2)cnn1C. The number of rotatable bonds is 6. The van der Waals surface area contributed by atoms with E-state index in [4.69, 9.17) is 0 Å². The predicted octanol–water partition coefficient (Wildman–Crippen LogP) is 2.48. The van der Waals surface area contributed by atoms with Gasteiger partial charge in [0.05, 0.1) is 11.9 Å². The lowest BCUT2D eigenvalue weighted by Crippen LogP contribution is -2.42. The Morgan fingerprint density at radius 2 is 1.88 bits per heavy atom. The van der Waals surface area contributed by atoms with Gasteiger partial charge in [0.15, 0.2) is 0 Å². The Labute approximate surface area is 156 Å². The molecule has 1 N–H and O–H groups in total. The van der Waals surface area contributed by atoms with Gasteiger partial charge in [0.2, 0.25) is 10.0 Å². The number of likely N-dealkylation sites (tertiary alicyclic amines) is 1. The summed E-state index contributed by atoms with van der Waals surface area (Å²) < 4.78 is 29.9. The van der Waals surface area contributed by atoms with E-state index < -0.39 is 10.0 Å². The van der Waals surface area contributed by atoms with E-state index in [1.807, 2.05) is 18.2 Å². The molecular weight excluding hydrogens is 348 g/mol. The van der Waals surface area contributed by atoms with E-state index in [2.05, 4.69) is 33.8 Å². The van der Waals surface area contributed by atoms with Gasteiger partial charge in [-0.15, -0.1) is 0 Å². The molecule has 0 bridgehead atoms. The first-order valence-electron chi connectivity index (χ1n) is 9.15. The van der Waals surface area contributed by atoms with Crippen LogP contribution in [0.4, 0.5) is 0 Å². The first-order chi connectivity index (χ1) is 12.4. The van der Waals surface area contributed by atoms with Gasteiger partial charge in [-0.25, -0.2) is 13.1 Å². The van der Waals surface area contributed by atoms with Crippen molar-refractivity contribution in [2.75, 3.05) is 19.6 Å². The maximum atomic E-state index is 12.8.